The summed E-state index contributed by atoms with van der Waals surface area (Å²) in [7, 11) is 0. The number of aromatic nitrogens is 1. The van der Waals surface area contributed by atoms with Crippen molar-refractivity contribution in [3.05, 3.63) is 102 Å². The van der Waals surface area contributed by atoms with Crippen LogP contribution in [-0.4, -0.2) is 23.2 Å². The third-order valence-electron chi connectivity index (χ3n) is 4.95. The number of carbonyl (C=O) groups is 2. The lowest BCUT2D eigenvalue weighted by atomic mass is 9.99. The number of rotatable bonds is 7. The highest BCUT2D eigenvalue weighted by Crippen LogP contribution is 2.39. The smallest absolute Gasteiger partial charge is 0.295 e. The van der Waals surface area contributed by atoms with Crippen LogP contribution >= 0.6 is 0 Å². The fourth-order valence-corrected chi connectivity index (χ4v) is 3.51. The van der Waals surface area contributed by atoms with Gasteiger partial charge in [-0.1, -0.05) is 30.5 Å². The minimum atomic E-state index is -0.903. The van der Waals surface area contributed by atoms with Gasteiger partial charge in [-0.05, 0) is 35.9 Å². The lowest BCUT2D eigenvalue weighted by Crippen LogP contribution is -2.29. The normalized spacial score (nSPS) is 17.7. The SMILES string of the molecule is C=CCOc1ccc(C([O-])=C2C(=O)C(=O)N(Cc3ccc[nH+]c3)C2c2ccco2)cc1. The number of hydrogen-bond acceptors (Lipinski definition) is 5. The Morgan fingerprint density at radius 2 is 2.00 bits per heavy atom. The molecule has 0 aliphatic carbocycles. The molecule has 31 heavy (non-hydrogen) atoms. The largest absolute Gasteiger partial charge is 0.872 e. The van der Waals surface area contributed by atoms with Gasteiger partial charge in [-0.15, -0.1) is 0 Å². The molecular formula is C24H20N2O5. The summed E-state index contributed by atoms with van der Waals surface area (Å²) in [5.74, 6) is -1.15. The number of furan rings is 1. The fourth-order valence-electron chi connectivity index (χ4n) is 3.51. The van der Waals surface area contributed by atoms with Gasteiger partial charge < -0.3 is 19.2 Å². The molecule has 1 N–H and O–H groups in total. The molecule has 1 fully saturated rings. The van der Waals surface area contributed by atoms with Crippen molar-refractivity contribution in [2.45, 2.75) is 12.6 Å². The van der Waals surface area contributed by atoms with Crippen LogP contribution in [0.25, 0.3) is 5.76 Å². The van der Waals surface area contributed by atoms with E-state index in [4.69, 9.17) is 9.15 Å². The highest BCUT2D eigenvalue weighted by molar-refractivity contribution is 6.46. The van der Waals surface area contributed by atoms with Gasteiger partial charge in [-0.3, -0.25) is 9.59 Å². The number of carbonyl (C=O) groups excluding carboxylic acids is 2. The van der Waals surface area contributed by atoms with E-state index in [-0.39, 0.29) is 17.7 Å². The van der Waals surface area contributed by atoms with Gasteiger partial charge in [0.25, 0.3) is 5.91 Å². The van der Waals surface area contributed by atoms with E-state index in [0.717, 1.165) is 5.56 Å². The van der Waals surface area contributed by atoms with Crippen LogP contribution < -0.4 is 14.8 Å². The van der Waals surface area contributed by atoms with Gasteiger partial charge in [0.1, 0.15) is 24.2 Å². The maximum atomic E-state index is 13.3. The predicted octanol–water partition coefficient (Wildman–Crippen LogP) is 2.08. The number of benzene rings is 1. The Hall–Kier alpha value is -4.13. The lowest BCUT2D eigenvalue weighted by Gasteiger charge is -2.25. The van der Waals surface area contributed by atoms with Gasteiger partial charge in [0.05, 0.1) is 12.8 Å². The van der Waals surface area contributed by atoms with Gasteiger partial charge in [0.2, 0.25) is 5.78 Å². The Morgan fingerprint density at radius 1 is 1.19 bits per heavy atom. The highest BCUT2D eigenvalue weighted by Gasteiger charge is 2.45. The second-order valence-corrected chi connectivity index (χ2v) is 6.96. The van der Waals surface area contributed by atoms with Crippen molar-refractivity contribution >= 4 is 17.4 Å². The Bertz CT molecular complexity index is 1120. The van der Waals surface area contributed by atoms with Crippen molar-refractivity contribution in [2.24, 2.45) is 0 Å². The first-order chi connectivity index (χ1) is 15.1. The second-order valence-electron chi connectivity index (χ2n) is 6.96. The van der Waals surface area contributed by atoms with E-state index in [2.05, 4.69) is 11.6 Å². The average molecular weight is 416 g/mol. The zero-order valence-corrected chi connectivity index (χ0v) is 16.6. The van der Waals surface area contributed by atoms with Crippen molar-refractivity contribution in [3.63, 3.8) is 0 Å². The minimum absolute atomic E-state index is 0.125. The molecule has 7 nitrogen and oxygen atoms in total. The number of pyridine rings is 1. The van der Waals surface area contributed by atoms with E-state index in [0.29, 0.717) is 18.1 Å². The summed E-state index contributed by atoms with van der Waals surface area (Å²) < 4.78 is 10.9. The fraction of sp³-hybridized carbons (Fsp3) is 0.125. The third-order valence-corrected chi connectivity index (χ3v) is 4.95. The minimum Gasteiger partial charge on any atom is -0.872 e. The molecule has 1 amide bonds. The number of amides is 1. The van der Waals surface area contributed by atoms with Crippen molar-refractivity contribution in [1.82, 2.24) is 4.90 Å². The van der Waals surface area contributed by atoms with Crippen molar-refractivity contribution in [1.29, 1.82) is 0 Å². The number of ketones is 1. The first-order valence-electron chi connectivity index (χ1n) is 9.69. The molecule has 1 aliphatic rings. The van der Waals surface area contributed by atoms with E-state index in [1.807, 2.05) is 6.07 Å². The van der Waals surface area contributed by atoms with Gasteiger partial charge in [0.15, 0.2) is 12.4 Å². The Labute approximate surface area is 178 Å². The average Bonchev–Trinajstić information content (AvgIpc) is 3.41. The molecule has 7 heteroatoms. The monoisotopic (exact) mass is 416 g/mol. The Morgan fingerprint density at radius 3 is 2.65 bits per heavy atom. The molecule has 1 aromatic carbocycles. The summed E-state index contributed by atoms with van der Waals surface area (Å²) in [5, 5.41) is 13.3. The van der Waals surface area contributed by atoms with Gasteiger partial charge in [0, 0.05) is 17.2 Å². The van der Waals surface area contributed by atoms with Gasteiger partial charge in [-0.2, -0.15) is 0 Å². The van der Waals surface area contributed by atoms with E-state index >= 15 is 0 Å². The molecule has 1 saturated heterocycles. The molecule has 1 aliphatic heterocycles. The van der Waals surface area contributed by atoms with E-state index < -0.39 is 23.5 Å². The molecule has 0 bridgehead atoms. The molecule has 0 radical (unpaired) electrons. The van der Waals surface area contributed by atoms with Crippen LogP contribution in [0.1, 0.15) is 22.9 Å². The van der Waals surface area contributed by atoms with Crippen LogP contribution in [0.2, 0.25) is 0 Å². The lowest BCUT2D eigenvalue weighted by molar-refractivity contribution is -0.378. The van der Waals surface area contributed by atoms with Gasteiger partial charge in [-0.25, -0.2) is 4.98 Å². The summed E-state index contributed by atoms with van der Waals surface area (Å²) in [4.78, 5) is 30.1. The van der Waals surface area contributed by atoms with Crippen molar-refractivity contribution < 1.29 is 28.8 Å². The number of Topliss-reactive ketones (excluding diaryl/α,β-unsaturated/α-hetero) is 1. The standard InChI is InChI=1S/C24H20N2O5/c1-2-12-30-18-9-7-17(8-10-18)22(27)20-21(19-6-4-13-31-19)26(24(29)23(20)28)15-16-5-3-11-25-14-16/h2-11,13-14,21,27H,1,12,15H2. The van der Waals surface area contributed by atoms with Crippen LogP contribution in [0, 0.1) is 0 Å². The number of ether oxygens (including phenoxy) is 1. The summed E-state index contributed by atoms with van der Waals surface area (Å²) in [6.45, 7) is 4.08. The topological polar surface area (TPSA) is 97.0 Å². The maximum Gasteiger partial charge on any atom is 0.295 e. The number of hydrogen-bond donors (Lipinski definition) is 0. The van der Waals surface area contributed by atoms with Crippen molar-refractivity contribution in [3.8, 4) is 5.75 Å². The molecule has 4 rings (SSSR count). The Kier molecular flexibility index (Phi) is 5.66. The first kappa shape index (κ1) is 20.2. The second kappa shape index (κ2) is 8.71. The van der Waals surface area contributed by atoms with E-state index in [9.17, 15) is 14.7 Å². The number of likely N-dealkylation sites (tertiary alicyclic amines) is 1. The summed E-state index contributed by atoms with van der Waals surface area (Å²) >= 11 is 0. The van der Waals surface area contributed by atoms with Crippen LogP contribution in [-0.2, 0) is 16.1 Å². The summed E-state index contributed by atoms with van der Waals surface area (Å²) in [6, 6.07) is 12.4. The summed E-state index contributed by atoms with van der Waals surface area (Å²) in [6.07, 6.45) is 6.54. The molecule has 3 aromatic rings. The first-order valence-corrected chi connectivity index (χ1v) is 9.69. The number of nitrogens with one attached hydrogen (secondary N) is 1. The quantitative estimate of drug-likeness (QED) is 0.254. The maximum absolute atomic E-state index is 13.3. The molecule has 0 saturated carbocycles. The molecule has 0 spiro atoms. The highest BCUT2D eigenvalue weighted by atomic mass is 16.5. The molecule has 1 unspecified atom stereocenters. The van der Waals surface area contributed by atoms with Crippen molar-refractivity contribution in [2.75, 3.05) is 6.61 Å². The van der Waals surface area contributed by atoms with E-state index in [1.165, 1.54) is 11.2 Å². The molecule has 3 heterocycles. The van der Waals surface area contributed by atoms with Gasteiger partial charge >= 0.3 is 0 Å². The zero-order valence-electron chi connectivity index (χ0n) is 16.6. The number of aromatic amines is 1. The molecule has 2 aromatic heterocycles. The molecule has 156 valence electrons. The summed E-state index contributed by atoms with van der Waals surface area (Å²) in [5.41, 5.74) is 0.950. The third kappa shape index (κ3) is 3.98. The van der Waals surface area contributed by atoms with Crippen LogP contribution in [0.3, 0.4) is 0 Å². The van der Waals surface area contributed by atoms with E-state index in [1.54, 1.807) is 60.9 Å². The zero-order chi connectivity index (χ0) is 21.8. The van der Waals surface area contributed by atoms with Crippen LogP contribution in [0.4, 0.5) is 0 Å². The Balaban J connectivity index is 1.75. The van der Waals surface area contributed by atoms with Crippen LogP contribution in [0.15, 0.2) is 89.8 Å². The number of H-pyrrole nitrogens is 1. The number of nitrogens with zero attached hydrogens (tertiary/aromatic N) is 1. The van der Waals surface area contributed by atoms with Crippen LogP contribution in [0.5, 0.6) is 5.75 Å². The molecule has 1 atom stereocenters. The predicted molar refractivity (Wildman–Crippen MR) is 109 cm³/mol. The molecular weight excluding hydrogens is 396 g/mol.